The molecule has 1 aromatic rings. The summed E-state index contributed by atoms with van der Waals surface area (Å²) < 4.78 is 5.42. The molecule has 0 radical (unpaired) electrons. The van der Waals surface area contributed by atoms with Gasteiger partial charge in [-0.05, 0) is 33.6 Å². The number of ether oxygens (including phenoxy) is 1. The van der Waals surface area contributed by atoms with Crippen molar-refractivity contribution in [2.45, 2.75) is 58.6 Å². The minimum Gasteiger partial charge on any atom is -0.444 e. The fourth-order valence-electron chi connectivity index (χ4n) is 2.61. The van der Waals surface area contributed by atoms with Crippen LogP contribution in [0.1, 0.15) is 50.6 Å². The smallest absolute Gasteiger partial charge is 0.410 e. The van der Waals surface area contributed by atoms with E-state index in [9.17, 15) is 9.59 Å². The van der Waals surface area contributed by atoms with Crippen LogP contribution in [0.2, 0.25) is 0 Å². The number of aromatic nitrogens is 1. The molecule has 1 aromatic heterocycles. The molecule has 1 fully saturated rings. The van der Waals surface area contributed by atoms with Crippen molar-refractivity contribution in [1.82, 2.24) is 9.88 Å². The lowest BCUT2D eigenvalue weighted by Crippen LogP contribution is -2.39. The first-order chi connectivity index (χ1) is 10.8. The maximum absolute atomic E-state index is 12.2. The highest BCUT2D eigenvalue weighted by molar-refractivity contribution is 7.15. The van der Waals surface area contributed by atoms with E-state index in [0.717, 1.165) is 29.8 Å². The summed E-state index contributed by atoms with van der Waals surface area (Å²) >= 11 is 1.46. The quantitative estimate of drug-likeness (QED) is 0.900. The zero-order valence-electron chi connectivity index (χ0n) is 13.8. The highest BCUT2D eigenvalue weighted by Crippen LogP contribution is 2.31. The summed E-state index contributed by atoms with van der Waals surface area (Å²) in [7, 11) is 0. The van der Waals surface area contributed by atoms with Gasteiger partial charge in [-0.25, -0.2) is 9.78 Å². The van der Waals surface area contributed by atoms with Gasteiger partial charge in [-0.15, -0.1) is 0 Å². The first kappa shape index (κ1) is 16.2. The van der Waals surface area contributed by atoms with E-state index in [4.69, 9.17) is 4.74 Å². The van der Waals surface area contributed by atoms with Crippen molar-refractivity contribution in [2.75, 3.05) is 11.9 Å². The molecule has 2 aliphatic rings. The summed E-state index contributed by atoms with van der Waals surface area (Å²) in [5, 5.41) is 3.57. The van der Waals surface area contributed by atoms with E-state index < -0.39 is 5.60 Å². The van der Waals surface area contributed by atoms with Crippen LogP contribution in [-0.2, 0) is 22.5 Å². The molecule has 0 bridgehead atoms. The lowest BCUT2D eigenvalue weighted by atomic mass is 9.85. The summed E-state index contributed by atoms with van der Waals surface area (Å²) in [5.74, 6) is 0.223. The van der Waals surface area contributed by atoms with Crippen LogP contribution < -0.4 is 5.32 Å². The fourth-order valence-corrected chi connectivity index (χ4v) is 3.64. The fraction of sp³-hybridized carbons (Fsp3) is 0.688. The summed E-state index contributed by atoms with van der Waals surface area (Å²) in [5.41, 5.74) is 0.492. The van der Waals surface area contributed by atoms with Gasteiger partial charge in [-0.2, -0.15) is 0 Å². The van der Waals surface area contributed by atoms with Crippen LogP contribution in [0.5, 0.6) is 0 Å². The Balaban J connectivity index is 1.62. The monoisotopic (exact) mass is 337 g/mol. The van der Waals surface area contributed by atoms with Crippen LogP contribution in [0.15, 0.2) is 0 Å². The van der Waals surface area contributed by atoms with E-state index in [1.54, 1.807) is 4.90 Å². The average Bonchev–Trinajstić information content (AvgIpc) is 2.75. The number of amides is 2. The number of nitrogens with one attached hydrogen (secondary N) is 1. The number of hydrogen-bond donors (Lipinski definition) is 1. The van der Waals surface area contributed by atoms with Crippen molar-refractivity contribution >= 4 is 28.5 Å². The molecule has 1 saturated carbocycles. The third kappa shape index (κ3) is 3.83. The number of nitrogens with zero attached hydrogens (tertiary/aromatic N) is 2. The number of hydrogen-bond acceptors (Lipinski definition) is 5. The van der Waals surface area contributed by atoms with E-state index in [2.05, 4.69) is 10.3 Å². The molecular weight excluding hydrogens is 314 g/mol. The van der Waals surface area contributed by atoms with Gasteiger partial charge in [0.25, 0.3) is 0 Å². The second-order valence-corrected chi connectivity index (χ2v) is 8.24. The third-order valence-corrected chi connectivity index (χ3v) is 5.09. The van der Waals surface area contributed by atoms with E-state index in [0.29, 0.717) is 24.6 Å². The Morgan fingerprint density at radius 1 is 1.35 bits per heavy atom. The predicted molar refractivity (Wildman–Crippen MR) is 88.4 cm³/mol. The topological polar surface area (TPSA) is 71.5 Å². The van der Waals surface area contributed by atoms with Gasteiger partial charge in [-0.1, -0.05) is 17.8 Å². The van der Waals surface area contributed by atoms with E-state index in [1.165, 1.54) is 11.3 Å². The first-order valence-electron chi connectivity index (χ1n) is 8.09. The van der Waals surface area contributed by atoms with Gasteiger partial charge in [0.1, 0.15) is 5.60 Å². The summed E-state index contributed by atoms with van der Waals surface area (Å²) in [6.07, 6.45) is 3.49. The molecular formula is C16H23N3O3S. The molecule has 0 atom stereocenters. The molecule has 23 heavy (non-hydrogen) atoms. The first-order valence-corrected chi connectivity index (χ1v) is 8.91. The number of carbonyl (C=O) groups is 2. The lowest BCUT2D eigenvalue weighted by molar-refractivity contribution is -0.122. The van der Waals surface area contributed by atoms with Crippen LogP contribution in [0.4, 0.5) is 9.93 Å². The predicted octanol–water partition coefficient (Wildman–Crippen LogP) is 3.17. The van der Waals surface area contributed by atoms with Crippen LogP contribution in [-0.4, -0.2) is 34.0 Å². The molecule has 7 heteroatoms. The molecule has 0 spiro atoms. The molecule has 0 aromatic carbocycles. The molecule has 0 unspecified atom stereocenters. The van der Waals surface area contributed by atoms with Gasteiger partial charge in [-0.3, -0.25) is 4.79 Å². The van der Waals surface area contributed by atoms with Crippen molar-refractivity contribution in [3.63, 3.8) is 0 Å². The van der Waals surface area contributed by atoms with Crippen molar-refractivity contribution in [1.29, 1.82) is 0 Å². The molecule has 2 amide bonds. The average molecular weight is 337 g/mol. The number of anilines is 1. The van der Waals surface area contributed by atoms with E-state index in [-0.39, 0.29) is 17.9 Å². The molecule has 0 saturated heterocycles. The van der Waals surface area contributed by atoms with Gasteiger partial charge in [0, 0.05) is 23.8 Å². The van der Waals surface area contributed by atoms with Crippen LogP contribution in [0, 0.1) is 5.92 Å². The Morgan fingerprint density at radius 2 is 2.09 bits per heavy atom. The van der Waals surface area contributed by atoms with E-state index >= 15 is 0 Å². The molecule has 2 heterocycles. The minimum atomic E-state index is -0.493. The summed E-state index contributed by atoms with van der Waals surface area (Å²) in [4.78, 5) is 31.4. The summed E-state index contributed by atoms with van der Waals surface area (Å²) in [6.45, 7) is 6.69. The van der Waals surface area contributed by atoms with Crippen LogP contribution in [0.3, 0.4) is 0 Å². The van der Waals surface area contributed by atoms with Crippen LogP contribution >= 0.6 is 11.3 Å². The zero-order chi connectivity index (χ0) is 16.6. The molecule has 1 aliphatic heterocycles. The molecule has 3 rings (SSSR count). The number of thiazole rings is 1. The van der Waals surface area contributed by atoms with Crippen molar-refractivity contribution in [2.24, 2.45) is 5.92 Å². The Kier molecular flexibility index (Phi) is 4.31. The second-order valence-electron chi connectivity index (χ2n) is 7.16. The number of carbonyl (C=O) groups excluding carboxylic acids is 2. The zero-order valence-corrected chi connectivity index (χ0v) is 14.7. The lowest BCUT2D eigenvalue weighted by Gasteiger charge is -2.29. The SMILES string of the molecule is CC(C)(C)OC(=O)N1CCc2nc(NC(=O)C3CCC3)sc2C1. The van der Waals surface area contributed by atoms with Gasteiger partial charge in [0.2, 0.25) is 5.91 Å². The normalized spacial score (nSPS) is 18.1. The Bertz CT molecular complexity index is 617. The third-order valence-electron chi connectivity index (χ3n) is 4.09. The van der Waals surface area contributed by atoms with Gasteiger partial charge >= 0.3 is 6.09 Å². The van der Waals surface area contributed by atoms with Gasteiger partial charge < -0.3 is 15.0 Å². The Labute approximate surface area is 140 Å². The van der Waals surface area contributed by atoms with Crippen LogP contribution in [0.25, 0.3) is 0 Å². The molecule has 6 nitrogen and oxygen atoms in total. The second kappa shape index (κ2) is 6.11. The Hall–Kier alpha value is -1.63. The van der Waals surface area contributed by atoms with Gasteiger partial charge in [0.05, 0.1) is 12.2 Å². The minimum absolute atomic E-state index is 0.0753. The molecule has 126 valence electrons. The van der Waals surface area contributed by atoms with E-state index in [1.807, 2.05) is 20.8 Å². The van der Waals surface area contributed by atoms with Crippen molar-refractivity contribution in [3.8, 4) is 0 Å². The number of rotatable bonds is 2. The highest BCUT2D eigenvalue weighted by atomic mass is 32.1. The largest absolute Gasteiger partial charge is 0.444 e. The van der Waals surface area contributed by atoms with Crippen molar-refractivity contribution in [3.05, 3.63) is 10.6 Å². The summed E-state index contributed by atoms with van der Waals surface area (Å²) in [6, 6.07) is 0. The van der Waals surface area contributed by atoms with Crippen molar-refractivity contribution < 1.29 is 14.3 Å². The standard InChI is InChI=1S/C16H23N3O3S/c1-16(2,3)22-15(21)19-8-7-11-12(9-19)23-14(17-11)18-13(20)10-5-4-6-10/h10H,4-9H2,1-3H3,(H,17,18,20). The molecule has 1 aliphatic carbocycles. The van der Waals surface area contributed by atoms with Gasteiger partial charge in [0.15, 0.2) is 5.13 Å². The maximum Gasteiger partial charge on any atom is 0.410 e. The Morgan fingerprint density at radius 3 is 2.70 bits per heavy atom. The maximum atomic E-state index is 12.2. The highest BCUT2D eigenvalue weighted by Gasteiger charge is 2.29. The number of fused-ring (bicyclic) bond motifs is 1. The molecule has 1 N–H and O–H groups in total.